The summed E-state index contributed by atoms with van der Waals surface area (Å²) in [6.45, 7) is 6.14. The van der Waals surface area contributed by atoms with Gasteiger partial charge in [0.05, 0.1) is 0 Å². The van der Waals surface area contributed by atoms with Crippen molar-refractivity contribution in [3.8, 4) is 0 Å². The van der Waals surface area contributed by atoms with Gasteiger partial charge in [0.2, 0.25) is 0 Å². The van der Waals surface area contributed by atoms with Crippen LogP contribution in [0.1, 0.15) is 31.4 Å². The second kappa shape index (κ2) is 6.05. The highest BCUT2D eigenvalue weighted by Gasteiger charge is 2.52. The van der Waals surface area contributed by atoms with E-state index in [1.54, 1.807) is 38.1 Å². The molecule has 3 nitrogen and oxygen atoms in total. The maximum atomic E-state index is 12.8. The van der Waals surface area contributed by atoms with Gasteiger partial charge in [0.15, 0.2) is 5.60 Å². The molecule has 0 aliphatic carbocycles. The zero-order valence-corrected chi connectivity index (χ0v) is 12.0. The molecule has 0 fully saturated rings. The van der Waals surface area contributed by atoms with Gasteiger partial charge in [0.1, 0.15) is 0 Å². The highest BCUT2D eigenvalue weighted by molar-refractivity contribution is 5.60. The first-order chi connectivity index (χ1) is 9.49. The minimum absolute atomic E-state index is 0.369. The molecule has 0 saturated heterocycles. The molecule has 1 aromatic carbocycles. The van der Waals surface area contributed by atoms with Crippen molar-refractivity contribution < 1.29 is 23.5 Å². The van der Waals surface area contributed by atoms with Crippen LogP contribution in [-0.2, 0) is 11.8 Å². The third kappa shape index (κ3) is 4.46. The molecule has 0 heterocycles. The van der Waals surface area contributed by atoms with Gasteiger partial charge in [-0.3, -0.25) is 0 Å². The van der Waals surface area contributed by atoms with Gasteiger partial charge in [-0.05, 0) is 29.9 Å². The molecule has 2 N–H and O–H groups in total. The van der Waals surface area contributed by atoms with Crippen molar-refractivity contribution in [1.29, 1.82) is 0 Å². The summed E-state index contributed by atoms with van der Waals surface area (Å²) in [5.74, 6) is 0. The molecule has 1 atom stereocenters. The van der Waals surface area contributed by atoms with Crippen molar-refractivity contribution in [2.24, 2.45) is 5.16 Å². The SMILES string of the molecule is [CH2]C(O)(CC(C)(C)c1cccc(CC=NO)c1)C(F)(F)F. The van der Waals surface area contributed by atoms with Crippen molar-refractivity contribution in [3.05, 3.63) is 42.3 Å². The summed E-state index contributed by atoms with van der Waals surface area (Å²) in [6, 6.07) is 6.93. The molecule has 0 bridgehead atoms. The molecular formula is C15H19F3NO2. The second-order valence-electron chi connectivity index (χ2n) is 5.79. The van der Waals surface area contributed by atoms with E-state index in [0.717, 1.165) is 5.56 Å². The number of hydrogen-bond acceptors (Lipinski definition) is 3. The van der Waals surface area contributed by atoms with Crippen LogP contribution in [0.15, 0.2) is 29.4 Å². The Hall–Kier alpha value is -1.56. The van der Waals surface area contributed by atoms with Crippen LogP contribution in [0.25, 0.3) is 0 Å². The lowest BCUT2D eigenvalue weighted by molar-refractivity contribution is -0.247. The van der Waals surface area contributed by atoms with Crippen molar-refractivity contribution in [2.45, 2.75) is 43.9 Å². The smallest absolute Gasteiger partial charge is 0.411 e. The molecule has 0 aliphatic heterocycles. The largest absolute Gasteiger partial charge is 0.417 e. The summed E-state index contributed by atoms with van der Waals surface area (Å²) >= 11 is 0. The third-order valence-corrected chi connectivity index (χ3v) is 3.38. The average Bonchev–Trinajstić information content (AvgIpc) is 2.34. The van der Waals surface area contributed by atoms with Gasteiger partial charge >= 0.3 is 6.18 Å². The first-order valence-electron chi connectivity index (χ1n) is 6.39. The maximum absolute atomic E-state index is 12.8. The first-order valence-corrected chi connectivity index (χ1v) is 6.39. The van der Waals surface area contributed by atoms with Crippen molar-refractivity contribution >= 4 is 6.21 Å². The molecule has 6 heteroatoms. The van der Waals surface area contributed by atoms with Crippen LogP contribution in [0.2, 0.25) is 0 Å². The predicted molar refractivity (Wildman–Crippen MR) is 74.4 cm³/mol. The summed E-state index contributed by atoms with van der Waals surface area (Å²) in [5.41, 5.74) is -2.46. The topological polar surface area (TPSA) is 52.8 Å². The molecule has 0 aromatic heterocycles. The number of hydrogen-bond donors (Lipinski definition) is 2. The van der Waals surface area contributed by atoms with Crippen molar-refractivity contribution in [2.75, 3.05) is 0 Å². The maximum Gasteiger partial charge on any atom is 0.417 e. The van der Waals surface area contributed by atoms with Gasteiger partial charge in [0.25, 0.3) is 0 Å². The van der Waals surface area contributed by atoms with Crippen LogP contribution in [-0.4, -0.2) is 28.3 Å². The van der Waals surface area contributed by atoms with E-state index in [0.29, 0.717) is 12.0 Å². The normalized spacial score (nSPS) is 16.1. The Kier molecular flexibility index (Phi) is 5.04. The van der Waals surface area contributed by atoms with Crippen molar-refractivity contribution in [3.63, 3.8) is 0 Å². The standard InChI is InChI=1S/C15H19F3NO2/c1-13(2,10-14(3,20)15(16,17)18)12-6-4-5-11(9-12)7-8-19-21/h4-6,8-9,20-21H,3,7,10H2,1-2H3. The van der Waals surface area contributed by atoms with Gasteiger partial charge in [-0.1, -0.05) is 38.1 Å². The number of oxime groups is 1. The van der Waals surface area contributed by atoms with E-state index in [2.05, 4.69) is 12.1 Å². The molecule has 117 valence electrons. The lowest BCUT2D eigenvalue weighted by Crippen LogP contribution is -2.46. The second-order valence-corrected chi connectivity index (χ2v) is 5.79. The fraction of sp³-hybridized carbons (Fsp3) is 0.467. The van der Waals surface area contributed by atoms with E-state index >= 15 is 0 Å². The van der Waals surface area contributed by atoms with Gasteiger partial charge < -0.3 is 10.3 Å². The molecule has 0 spiro atoms. The zero-order chi connectivity index (χ0) is 16.3. The van der Waals surface area contributed by atoms with Crippen LogP contribution in [0, 0.1) is 6.92 Å². The Bertz CT molecular complexity index is 508. The number of rotatable bonds is 5. The van der Waals surface area contributed by atoms with E-state index < -0.39 is 23.6 Å². The molecule has 1 unspecified atom stereocenters. The Morgan fingerprint density at radius 1 is 1.29 bits per heavy atom. The zero-order valence-electron chi connectivity index (χ0n) is 12.0. The highest BCUT2D eigenvalue weighted by Crippen LogP contribution is 2.40. The fourth-order valence-corrected chi connectivity index (χ4v) is 2.20. The van der Waals surface area contributed by atoms with Crippen LogP contribution >= 0.6 is 0 Å². The van der Waals surface area contributed by atoms with Crippen LogP contribution in [0.5, 0.6) is 0 Å². The summed E-state index contributed by atoms with van der Waals surface area (Å²) in [6.07, 6.45) is -3.68. The summed E-state index contributed by atoms with van der Waals surface area (Å²) < 4.78 is 38.3. The van der Waals surface area contributed by atoms with Gasteiger partial charge in [0, 0.05) is 12.6 Å². The predicted octanol–water partition coefficient (Wildman–Crippen LogP) is 3.48. The molecule has 21 heavy (non-hydrogen) atoms. The minimum atomic E-state index is -4.79. The molecular weight excluding hydrogens is 283 g/mol. The Morgan fingerprint density at radius 2 is 1.90 bits per heavy atom. The molecule has 1 radical (unpaired) electrons. The monoisotopic (exact) mass is 302 g/mol. The fourth-order valence-electron chi connectivity index (χ4n) is 2.20. The number of nitrogens with zero attached hydrogens (tertiary/aromatic N) is 1. The lowest BCUT2D eigenvalue weighted by Gasteiger charge is -2.35. The summed E-state index contributed by atoms with van der Waals surface area (Å²) in [4.78, 5) is 0. The number of aliphatic hydroxyl groups is 1. The lowest BCUT2D eigenvalue weighted by atomic mass is 9.75. The van der Waals surface area contributed by atoms with Gasteiger partial charge in [-0.25, -0.2) is 0 Å². The third-order valence-electron chi connectivity index (χ3n) is 3.38. The van der Waals surface area contributed by atoms with Crippen molar-refractivity contribution in [1.82, 2.24) is 0 Å². The van der Waals surface area contributed by atoms with E-state index in [4.69, 9.17) is 5.21 Å². The highest BCUT2D eigenvalue weighted by atomic mass is 19.4. The van der Waals surface area contributed by atoms with E-state index in [1.165, 1.54) is 6.21 Å². The molecule has 0 aliphatic rings. The quantitative estimate of drug-likeness (QED) is 0.497. The molecule has 0 saturated carbocycles. The number of halogens is 3. The molecule has 1 aromatic rings. The van der Waals surface area contributed by atoms with Crippen LogP contribution in [0.4, 0.5) is 13.2 Å². The number of alkyl halides is 3. The molecule has 0 amide bonds. The average molecular weight is 302 g/mol. The van der Waals surface area contributed by atoms with Gasteiger partial charge in [-0.2, -0.15) is 13.2 Å². The number of benzene rings is 1. The van der Waals surface area contributed by atoms with Gasteiger partial charge in [-0.15, -0.1) is 5.16 Å². The Balaban J connectivity index is 3.02. The van der Waals surface area contributed by atoms with E-state index in [9.17, 15) is 18.3 Å². The van der Waals surface area contributed by atoms with E-state index in [-0.39, 0.29) is 0 Å². The molecule has 1 rings (SSSR count). The Morgan fingerprint density at radius 3 is 2.43 bits per heavy atom. The van der Waals surface area contributed by atoms with Crippen LogP contribution < -0.4 is 0 Å². The van der Waals surface area contributed by atoms with Crippen LogP contribution in [0.3, 0.4) is 0 Å². The minimum Gasteiger partial charge on any atom is -0.411 e. The Labute approximate surface area is 122 Å². The first kappa shape index (κ1) is 17.5. The summed E-state index contributed by atoms with van der Waals surface area (Å²) in [7, 11) is 0. The van der Waals surface area contributed by atoms with E-state index in [1.807, 2.05) is 0 Å². The summed E-state index contributed by atoms with van der Waals surface area (Å²) in [5, 5.41) is 20.9.